The molecule has 2 nitrogen and oxygen atoms in total. The van der Waals surface area contributed by atoms with Crippen LogP contribution in [0.2, 0.25) is 0 Å². The molecule has 0 radical (unpaired) electrons. The van der Waals surface area contributed by atoms with E-state index in [1.807, 2.05) is 0 Å². The number of thiocarbonyl (C=S) groups is 1. The van der Waals surface area contributed by atoms with Gasteiger partial charge in [-0.05, 0) is 27.3 Å². The van der Waals surface area contributed by atoms with Gasteiger partial charge in [0.1, 0.15) is 0 Å². The van der Waals surface area contributed by atoms with Crippen molar-refractivity contribution in [3.63, 3.8) is 0 Å². The topological polar surface area (TPSA) is 29.3 Å². The molecule has 0 amide bonds. The Morgan fingerprint density at radius 1 is 1.42 bits per heavy atom. The van der Waals surface area contributed by atoms with Gasteiger partial charge in [-0.25, -0.2) is 0 Å². The highest BCUT2D eigenvalue weighted by Crippen LogP contribution is 2.07. The van der Waals surface area contributed by atoms with Crippen molar-refractivity contribution < 1.29 is 0 Å². The van der Waals surface area contributed by atoms with Crippen LogP contribution in [0.25, 0.3) is 0 Å². The summed E-state index contributed by atoms with van der Waals surface area (Å²) < 4.78 is 0. The molecule has 0 bridgehead atoms. The van der Waals surface area contributed by atoms with Gasteiger partial charge in [0.25, 0.3) is 0 Å². The number of hydrogen-bond acceptors (Lipinski definition) is 2. The molecule has 3 heteroatoms. The summed E-state index contributed by atoms with van der Waals surface area (Å²) in [6, 6.07) is 1.03. The lowest BCUT2D eigenvalue weighted by atomic mass is 10.1. The van der Waals surface area contributed by atoms with Crippen LogP contribution in [-0.2, 0) is 0 Å². The molecule has 12 heavy (non-hydrogen) atoms. The zero-order valence-corrected chi connectivity index (χ0v) is 9.32. The van der Waals surface area contributed by atoms with Crippen molar-refractivity contribution in [3.8, 4) is 0 Å². The van der Waals surface area contributed by atoms with Crippen molar-refractivity contribution in [3.05, 3.63) is 0 Å². The van der Waals surface area contributed by atoms with Crippen molar-refractivity contribution in [1.29, 1.82) is 0 Å². The first kappa shape index (κ1) is 11.8. The van der Waals surface area contributed by atoms with Crippen molar-refractivity contribution >= 4 is 17.2 Å². The van der Waals surface area contributed by atoms with Gasteiger partial charge in [0, 0.05) is 18.5 Å². The van der Waals surface area contributed by atoms with Gasteiger partial charge in [-0.15, -0.1) is 0 Å². The lowest BCUT2D eigenvalue weighted by Gasteiger charge is -2.31. The van der Waals surface area contributed by atoms with E-state index in [1.54, 1.807) is 0 Å². The average molecular weight is 188 g/mol. The maximum atomic E-state index is 5.49. The Bertz CT molecular complexity index is 145. The van der Waals surface area contributed by atoms with Gasteiger partial charge >= 0.3 is 0 Å². The summed E-state index contributed by atoms with van der Waals surface area (Å²) >= 11 is 4.88. The Balaban J connectivity index is 4.02. The molecule has 0 aromatic rings. The maximum Gasteiger partial charge on any atom is 0.0742 e. The van der Waals surface area contributed by atoms with Gasteiger partial charge in [-0.2, -0.15) is 0 Å². The monoisotopic (exact) mass is 188 g/mol. The van der Waals surface area contributed by atoms with E-state index in [0.717, 1.165) is 13.0 Å². The van der Waals surface area contributed by atoms with E-state index in [2.05, 4.69) is 32.6 Å². The lowest BCUT2D eigenvalue weighted by Crippen LogP contribution is -2.40. The molecular formula is C9H20N2S. The fourth-order valence-electron chi connectivity index (χ4n) is 1.59. The fraction of sp³-hybridized carbons (Fsp3) is 0.889. The van der Waals surface area contributed by atoms with Crippen LogP contribution < -0.4 is 5.73 Å². The minimum atomic E-state index is 0.465. The highest BCUT2D eigenvalue weighted by molar-refractivity contribution is 7.80. The van der Waals surface area contributed by atoms with Crippen LogP contribution in [0.1, 0.15) is 34.1 Å². The van der Waals surface area contributed by atoms with E-state index in [0.29, 0.717) is 17.1 Å². The summed E-state index contributed by atoms with van der Waals surface area (Å²) in [5.41, 5.74) is 5.49. The number of nitrogens with zero attached hydrogens (tertiary/aromatic N) is 1. The van der Waals surface area contributed by atoms with E-state index in [4.69, 9.17) is 18.0 Å². The van der Waals surface area contributed by atoms with Crippen LogP contribution >= 0.6 is 12.2 Å². The third kappa shape index (κ3) is 4.02. The fourth-order valence-corrected chi connectivity index (χ4v) is 1.84. The van der Waals surface area contributed by atoms with Crippen LogP contribution in [0.15, 0.2) is 0 Å². The first-order valence-electron chi connectivity index (χ1n) is 4.53. The Morgan fingerprint density at radius 2 is 1.92 bits per heavy atom. The molecule has 0 saturated carbocycles. The Morgan fingerprint density at radius 3 is 2.17 bits per heavy atom. The number of hydrogen-bond donors (Lipinski definition) is 1. The molecule has 0 heterocycles. The Kier molecular flexibility index (Phi) is 5.42. The van der Waals surface area contributed by atoms with E-state index in [9.17, 15) is 0 Å². The summed E-state index contributed by atoms with van der Waals surface area (Å²) in [6.07, 6.45) is 0.821. The van der Waals surface area contributed by atoms with Gasteiger partial charge < -0.3 is 5.73 Å². The van der Waals surface area contributed by atoms with E-state index in [1.165, 1.54) is 0 Å². The molecule has 0 rings (SSSR count). The standard InChI is InChI=1S/C9H20N2S/c1-5-11(7(2)3)8(4)6-9(10)12/h7-8H,5-6H2,1-4H3,(H2,10,12). The number of nitrogens with two attached hydrogens (primary N) is 1. The van der Waals surface area contributed by atoms with E-state index >= 15 is 0 Å². The molecule has 0 aromatic heterocycles. The summed E-state index contributed by atoms with van der Waals surface area (Å²) in [5.74, 6) is 0. The van der Waals surface area contributed by atoms with Crippen LogP contribution in [0.4, 0.5) is 0 Å². The summed E-state index contributed by atoms with van der Waals surface area (Å²) in [6.45, 7) is 9.78. The summed E-state index contributed by atoms with van der Waals surface area (Å²) in [4.78, 5) is 3.00. The van der Waals surface area contributed by atoms with Gasteiger partial charge in [0.05, 0.1) is 4.99 Å². The van der Waals surface area contributed by atoms with E-state index in [-0.39, 0.29) is 0 Å². The lowest BCUT2D eigenvalue weighted by molar-refractivity contribution is 0.178. The molecule has 2 N–H and O–H groups in total. The van der Waals surface area contributed by atoms with Crippen molar-refractivity contribution in [1.82, 2.24) is 4.90 Å². The van der Waals surface area contributed by atoms with E-state index < -0.39 is 0 Å². The van der Waals surface area contributed by atoms with Gasteiger partial charge in [-0.3, -0.25) is 4.90 Å². The highest BCUT2D eigenvalue weighted by atomic mass is 32.1. The van der Waals surface area contributed by atoms with Crippen LogP contribution in [0, 0.1) is 0 Å². The molecule has 0 aliphatic rings. The molecule has 1 atom stereocenters. The molecular weight excluding hydrogens is 168 g/mol. The third-order valence-corrected chi connectivity index (χ3v) is 2.26. The maximum absolute atomic E-state index is 5.49. The molecule has 1 unspecified atom stereocenters. The molecule has 0 aromatic carbocycles. The van der Waals surface area contributed by atoms with Crippen molar-refractivity contribution in [2.75, 3.05) is 6.54 Å². The average Bonchev–Trinajstić information content (AvgIpc) is 1.85. The third-order valence-electron chi connectivity index (χ3n) is 2.09. The molecule has 0 spiro atoms. The first-order chi connectivity index (χ1) is 5.49. The van der Waals surface area contributed by atoms with Crippen LogP contribution in [-0.4, -0.2) is 28.5 Å². The molecule has 72 valence electrons. The Hall–Kier alpha value is -0.150. The normalized spacial score (nSPS) is 13.8. The zero-order valence-electron chi connectivity index (χ0n) is 8.50. The van der Waals surface area contributed by atoms with Crippen LogP contribution in [0.3, 0.4) is 0 Å². The minimum absolute atomic E-state index is 0.465. The van der Waals surface area contributed by atoms with Gasteiger partial charge in [0.15, 0.2) is 0 Å². The van der Waals surface area contributed by atoms with Crippen molar-refractivity contribution in [2.24, 2.45) is 5.73 Å². The second kappa shape index (κ2) is 5.49. The highest BCUT2D eigenvalue weighted by Gasteiger charge is 2.15. The minimum Gasteiger partial charge on any atom is -0.393 e. The van der Waals surface area contributed by atoms with Crippen molar-refractivity contribution in [2.45, 2.75) is 46.2 Å². The largest absolute Gasteiger partial charge is 0.393 e. The smallest absolute Gasteiger partial charge is 0.0742 e. The summed E-state index contributed by atoms with van der Waals surface area (Å²) in [5, 5.41) is 0. The Labute approximate surface area is 81.1 Å². The molecule has 0 aliphatic heterocycles. The SMILES string of the molecule is CCN(C(C)C)C(C)CC(N)=S. The van der Waals surface area contributed by atoms with Crippen LogP contribution in [0.5, 0.6) is 0 Å². The van der Waals surface area contributed by atoms with Gasteiger partial charge in [-0.1, -0.05) is 19.1 Å². The molecule has 0 saturated heterocycles. The predicted molar refractivity (Wildman–Crippen MR) is 58.4 cm³/mol. The zero-order chi connectivity index (χ0) is 9.72. The molecule has 0 fully saturated rings. The predicted octanol–water partition coefficient (Wildman–Crippen LogP) is 1.78. The molecule has 0 aliphatic carbocycles. The summed E-state index contributed by atoms with van der Waals surface area (Å²) in [7, 11) is 0. The second-order valence-electron chi connectivity index (χ2n) is 3.44. The first-order valence-corrected chi connectivity index (χ1v) is 4.93. The number of rotatable bonds is 5. The van der Waals surface area contributed by atoms with Gasteiger partial charge in [0.2, 0.25) is 0 Å². The quantitative estimate of drug-likeness (QED) is 0.667. The second-order valence-corrected chi connectivity index (χ2v) is 3.97.